The lowest BCUT2D eigenvalue weighted by Gasteiger charge is -2.32. The highest BCUT2D eigenvalue weighted by atomic mass is 16.7. The molecule has 1 aliphatic carbocycles. The molecule has 0 bridgehead atoms. The van der Waals surface area contributed by atoms with Gasteiger partial charge in [0.15, 0.2) is 0 Å². The van der Waals surface area contributed by atoms with Crippen molar-refractivity contribution in [2.45, 2.75) is 63.6 Å². The minimum atomic E-state index is -0.294. The maximum absolute atomic E-state index is 6.35. The van der Waals surface area contributed by atoms with E-state index in [0.29, 0.717) is 11.8 Å². The lowest BCUT2D eigenvalue weighted by atomic mass is 9.76. The molecule has 0 spiro atoms. The minimum Gasteiger partial charge on any atom is -0.402 e. The third kappa shape index (κ3) is 2.89. The first-order chi connectivity index (χ1) is 9.80. The van der Waals surface area contributed by atoms with E-state index in [1.165, 1.54) is 12.0 Å². The van der Waals surface area contributed by atoms with E-state index < -0.39 is 0 Å². The normalized spacial score (nSPS) is 31.2. The molecule has 1 aliphatic heterocycles. The predicted molar refractivity (Wildman–Crippen MR) is 86.0 cm³/mol. The zero-order chi connectivity index (χ0) is 15.3. The first-order valence-electron chi connectivity index (χ1n) is 7.96. The van der Waals surface area contributed by atoms with Gasteiger partial charge in [0.25, 0.3) is 0 Å². The fourth-order valence-electron chi connectivity index (χ4n) is 3.14. The van der Waals surface area contributed by atoms with Crippen LogP contribution in [0.2, 0.25) is 0 Å². The van der Waals surface area contributed by atoms with Crippen LogP contribution in [0.4, 0.5) is 0 Å². The molecule has 3 atom stereocenters. The highest BCUT2D eigenvalue weighted by Gasteiger charge is 2.54. The molecule has 4 heteroatoms. The molecule has 2 fully saturated rings. The lowest BCUT2D eigenvalue weighted by Crippen LogP contribution is -2.42. The largest absolute Gasteiger partial charge is 0.475 e. The van der Waals surface area contributed by atoms with Crippen LogP contribution >= 0.6 is 0 Å². The van der Waals surface area contributed by atoms with Crippen molar-refractivity contribution in [1.29, 1.82) is 0 Å². The van der Waals surface area contributed by atoms with Crippen LogP contribution in [0.5, 0.6) is 0 Å². The van der Waals surface area contributed by atoms with Crippen LogP contribution in [0.15, 0.2) is 30.3 Å². The fourth-order valence-corrected chi connectivity index (χ4v) is 3.14. The van der Waals surface area contributed by atoms with Crippen molar-refractivity contribution < 1.29 is 9.31 Å². The Morgan fingerprint density at radius 1 is 1.14 bits per heavy atom. The molecule has 0 unspecified atom stereocenters. The average Bonchev–Trinajstić information content (AvgIpc) is 3.12. The van der Waals surface area contributed by atoms with Gasteiger partial charge >= 0.3 is 7.12 Å². The summed E-state index contributed by atoms with van der Waals surface area (Å²) in [6.45, 7) is 8.29. The van der Waals surface area contributed by atoms with Gasteiger partial charge in [-0.3, -0.25) is 0 Å². The van der Waals surface area contributed by atoms with Gasteiger partial charge in [-0.25, -0.2) is 0 Å². The van der Waals surface area contributed by atoms with Gasteiger partial charge in [-0.15, -0.1) is 0 Å². The molecule has 0 amide bonds. The summed E-state index contributed by atoms with van der Waals surface area (Å²) in [5.41, 5.74) is 7.20. The van der Waals surface area contributed by atoms with Crippen molar-refractivity contribution in [3.8, 4) is 0 Å². The van der Waals surface area contributed by atoms with E-state index in [1.54, 1.807) is 0 Å². The first kappa shape index (κ1) is 15.1. The Morgan fingerprint density at radius 3 is 2.29 bits per heavy atom. The predicted octanol–water partition coefficient (Wildman–Crippen LogP) is 3.14. The van der Waals surface area contributed by atoms with Crippen molar-refractivity contribution in [2.75, 3.05) is 0 Å². The molecule has 3 nitrogen and oxygen atoms in total. The van der Waals surface area contributed by atoms with E-state index in [-0.39, 0.29) is 24.3 Å². The molecule has 0 radical (unpaired) electrons. The van der Waals surface area contributed by atoms with Gasteiger partial charge < -0.3 is 15.0 Å². The van der Waals surface area contributed by atoms with Crippen molar-refractivity contribution in [3.63, 3.8) is 0 Å². The summed E-state index contributed by atoms with van der Waals surface area (Å²) in [7, 11) is -0.285. The molecule has 0 aromatic heterocycles. The fraction of sp³-hybridized carbons (Fsp3) is 0.647. The molecule has 1 saturated carbocycles. The van der Waals surface area contributed by atoms with E-state index in [2.05, 4.69) is 58.0 Å². The zero-order valence-electron chi connectivity index (χ0n) is 13.5. The van der Waals surface area contributed by atoms with Crippen LogP contribution in [-0.2, 0) is 9.31 Å². The molecule has 2 N–H and O–H groups in total. The number of hydrogen-bond acceptors (Lipinski definition) is 3. The van der Waals surface area contributed by atoms with Gasteiger partial charge in [-0.1, -0.05) is 30.3 Å². The maximum Gasteiger partial charge on any atom is 0.475 e. The summed E-state index contributed by atoms with van der Waals surface area (Å²) < 4.78 is 12.1. The zero-order valence-corrected chi connectivity index (χ0v) is 13.5. The van der Waals surface area contributed by atoms with Crippen LogP contribution in [0.1, 0.15) is 52.0 Å². The summed E-state index contributed by atoms with van der Waals surface area (Å²) in [5.74, 6) is 1.28. The Morgan fingerprint density at radius 2 is 1.71 bits per heavy atom. The second kappa shape index (κ2) is 5.11. The molecule has 1 aromatic rings. The summed E-state index contributed by atoms with van der Waals surface area (Å²) in [4.78, 5) is 0. The van der Waals surface area contributed by atoms with E-state index >= 15 is 0 Å². The van der Waals surface area contributed by atoms with Crippen molar-refractivity contribution in [2.24, 2.45) is 11.7 Å². The standard InChI is InChI=1S/C17H26BNO2/c1-16(2)17(3,4)21-18(20-16)15(19)11-13-10-14(13)12-8-6-5-7-9-12/h5-9,13-15H,10-11,19H2,1-4H3/t13-,14-,15+/m1/s1. The SMILES string of the molecule is CC1(C)OB([C@@H](N)C[C@H]2C[C@@H]2c2ccccc2)OC1(C)C. The third-order valence-corrected chi connectivity index (χ3v) is 5.35. The van der Waals surface area contributed by atoms with Gasteiger partial charge in [-0.2, -0.15) is 0 Å². The van der Waals surface area contributed by atoms with Gasteiger partial charge in [0, 0.05) is 5.94 Å². The van der Waals surface area contributed by atoms with E-state index in [0.717, 1.165) is 6.42 Å². The Labute approximate surface area is 128 Å². The number of nitrogens with two attached hydrogens (primary N) is 1. The Balaban J connectivity index is 1.56. The van der Waals surface area contributed by atoms with Crippen LogP contribution in [0.25, 0.3) is 0 Å². The van der Waals surface area contributed by atoms with Gasteiger partial charge in [0.1, 0.15) is 0 Å². The monoisotopic (exact) mass is 287 g/mol. The van der Waals surface area contributed by atoms with Crippen LogP contribution in [0.3, 0.4) is 0 Å². The number of rotatable bonds is 4. The Hall–Kier alpha value is -0.835. The lowest BCUT2D eigenvalue weighted by molar-refractivity contribution is 0.00578. The Bertz CT molecular complexity index is 487. The van der Waals surface area contributed by atoms with E-state index in [9.17, 15) is 0 Å². The number of benzene rings is 1. The van der Waals surface area contributed by atoms with Gasteiger partial charge in [0.05, 0.1) is 11.2 Å². The second-order valence-electron chi connectivity index (χ2n) is 7.54. The maximum atomic E-state index is 6.35. The Kier molecular flexibility index (Phi) is 3.67. The van der Waals surface area contributed by atoms with Crippen molar-refractivity contribution in [1.82, 2.24) is 0 Å². The first-order valence-corrected chi connectivity index (χ1v) is 7.96. The molecule has 21 heavy (non-hydrogen) atoms. The van der Waals surface area contributed by atoms with E-state index in [4.69, 9.17) is 15.0 Å². The highest BCUT2D eigenvalue weighted by Crippen LogP contribution is 2.50. The van der Waals surface area contributed by atoms with Crippen molar-refractivity contribution >= 4 is 7.12 Å². The molecule has 114 valence electrons. The topological polar surface area (TPSA) is 44.5 Å². The van der Waals surface area contributed by atoms with Gasteiger partial charge in [-0.05, 0) is 57.9 Å². The van der Waals surface area contributed by atoms with Crippen LogP contribution < -0.4 is 5.73 Å². The highest BCUT2D eigenvalue weighted by molar-refractivity contribution is 6.47. The molecule has 1 aromatic carbocycles. The third-order valence-electron chi connectivity index (χ3n) is 5.35. The molecule has 3 rings (SSSR count). The number of hydrogen-bond donors (Lipinski definition) is 1. The molecule has 2 aliphatic rings. The molecular weight excluding hydrogens is 261 g/mol. The van der Waals surface area contributed by atoms with Gasteiger partial charge in [0.2, 0.25) is 0 Å². The summed E-state index contributed by atoms with van der Waals surface area (Å²) in [5, 5.41) is 0. The van der Waals surface area contributed by atoms with Crippen LogP contribution in [-0.4, -0.2) is 24.3 Å². The quantitative estimate of drug-likeness (QED) is 0.865. The minimum absolute atomic E-state index is 0.0511. The van der Waals surface area contributed by atoms with E-state index in [1.807, 2.05) is 0 Å². The average molecular weight is 287 g/mol. The molecular formula is C17H26BNO2. The molecule has 1 heterocycles. The summed E-state index contributed by atoms with van der Waals surface area (Å²) >= 11 is 0. The van der Waals surface area contributed by atoms with Crippen molar-refractivity contribution in [3.05, 3.63) is 35.9 Å². The van der Waals surface area contributed by atoms with Crippen LogP contribution in [0, 0.1) is 5.92 Å². The second-order valence-corrected chi connectivity index (χ2v) is 7.54. The summed E-state index contributed by atoms with van der Waals surface area (Å²) in [6, 6.07) is 10.7. The molecule has 1 saturated heterocycles. The summed E-state index contributed by atoms with van der Waals surface area (Å²) in [6.07, 6.45) is 2.20. The smallest absolute Gasteiger partial charge is 0.402 e.